The SMILES string of the molecule is CCOc1cccc2ncoc12. The van der Waals surface area contributed by atoms with Gasteiger partial charge in [0.2, 0.25) is 0 Å². The van der Waals surface area contributed by atoms with Gasteiger partial charge in [-0.3, -0.25) is 0 Å². The van der Waals surface area contributed by atoms with Crippen molar-refractivity contribution in [3.8, 4) is 5.75 Å². The molecule has 62 valence electrons. The van der Waals surface area contributed by atoms with Gasteiger partial charge in [-0.15, -0.1) is 0 Å². The molecule has 3 nitrogen and oxygen atoms in total. The summed E-state index contributed by atoms with van der Waals surface area (Å²) in [5, 5.41) is 0. The number of rotatable bonds is 2. The fourth-order valence-electron chi connectivity index (χ4n) is 1.13. The molecule has 0 radical (unpaired) electrons. The molecule has 0 aliphatic carbocycles. The molecule has 0 unspecified atom stereocenters. The number of hydrogen-bond acceptors (Lipinski definition) is 3. The predicted molar refractivity (Wildman–Crippen MR) is 45.2 cm³/mol. The van der Waals surface area contributed by atoms with Gasteiger partial charge in [0.15, 0.2) is 17.7 Å². The first-order valence-corrected chi connectivity index (χ1v) is 3.87. The molecule has 0 saturated heterocycles. The molecule has 0 aliphatic rings. The fraction of sp³-hybridized carbons (Fsp3) is 0.222. The Hall–Kier alpha value is -1.51. The minimum atomic E-state index is 0.639. The lowest BCUT2D eigenvalue weighted by molar-refractivity contribution is 0.338. The van der Waals surface area contributed by atoms with Crippen molar-refractivity contribution in [2.24, 2.45) is 0 Å². The van der Waals surface area contributed by atoms with E-state index in [9.17, 15) is 0 Å². The van der Waals surface area contributed by atoms with Crippen molar-refractivity contribution in [3.63, 3.8) is 0 Å². The maximum Gasteiger partial charge on any atom is 0.196 e. The van der Waals surface area contributed by atoms with E-state index in [1.165, 1.54) is 6.39 Å². The smallest absolute Gasteiger partial charge is 0.196 e. The molecular formula is C9H9NO2. The molecule has 12 heavy (non-hydrogen) atoms. The van der Waals surface area contributed by atoms with E-state index in [0.29, 0.717) is 6.61 Å². The summed E-state index contributed by atoms with van der Waals surface area (Å²) in [6.07, 6.45) is 1.42. The molecule has 0 amide bonds. The summed E-state index contributed by atoms with van der Waals surface area (Å²) in [6, 6.07) is 5.66. The van der Waals surface area contributed by atoms with Crippen LogP contribution in [0.5, 0.6) is 5.75 Å². The van der Waals surface area contributed by atoms with Gasteiger partial charge >= 0.3 is 0 Å². The van der Waals surface area contributed by atoms with E-state index in [-0.39, 0.29) is 0 Å². The van der Waals surface area contributed by atoms with Crippen molar-refractivity contribution < 1.29 is 9.15 Å². The highest BCUT2D eigenvalue weighted by molar-refractivity contribution is 5.78. The molecule has 0 bridgehead atoms. The molecule has 2 aromatic rings. The van der Waals surface area contributed by atoms with Gasteiger partial charge < -0.3 is 9.15 Å². The van der Waals surface area contributed by atoms with Crippen LogP contribution in [0.15, 0.2) is 29.0 Å². The summed E-state index contributed by atoms with van der Waals surface area (Å²) >= 11 is 0. The lowest BCUT2D eigenvalue weighted by atomic mass is 10.3. The Kier molecular flexibility index (Phi) is 1.70. The number of nitrogens with zero attached hydrogens (tertiary/aromatic N) is 1. The maximum atomic E-state index is 5.34. The number of oxazole rings is 1. The van der Waals surface area contributed by atoms with Crippen molar-refractivity contribution >= 4 is 11.1 Å². The van der Waals surface area contributed by atoms with Crippen molar-refractivity contribution in [1.82, 2.24) is 4.98 Å². The molecule has 1 aromatic carbocycles. The largest absolute Gasteiger partial charge is 0.490 e. The van der Waals surface area contributed by atoms with Crippen LogP contribution in [0.3, 0.4) is 0 Å². The second-order valence-electron chi connectivity index (χ2n) is 2.39. The average molecular weight is 163 g/mol. The first-order valence-electron chi connectivity index (χ1n) is 3.87. The van der Waals surface area contributed by atoms with E-state index in [2.05, 4.69) is 4.98 Å². The number of aromatic nitrogens is 1. The molecule has 1 aromatic heterocycles. The van der Waals surface area contributed by atoms with E-state index in [4.69, 9.17) is 9.15 Å². The molecular weight excluding hydrogens is 154 g/mol. The Bertz CT molecular complexity index is 381. The lowest BCUT2D eigenvalue weighted by Gasteiger charge is -2.00. The van der Waals surface area contributed by atoms with Crippen LogP contribution >= 0.6 is 0 Å². The van der Waals surface area contributed by atoms with Crippen LogP contribution < -0.4 is 4.74 Å². The van der Waals surface area contributed by atoms with Crippen LogP contribution in [0.1, 0.15) is 6.92 Å². The number of hydrogen-bond donors (Lipinski definition) is 0. The first-order chi connectivity index (χ1) is 5.92. The van der Waals surface area contributed by atoms with Gasteiger partial charge in [-0.1, -0.05) is 6.07 Å². The molecule has 0 fully saturated rings. The zero-order chi connectivity index (χ0) is 8.39. The Morgan fingerprint density at radius 3 is 3.25 bits per heavy atom. The molecule has 0 N–H and O–H groups in total. The summed E-state index contributed by atoms with van der Waals surface area (Å²) in [4.78, 5) is 4.01. The van der Waals surface area contributed by atoms with Crippen molar-refractivity contribution in [3.05, 3.63) is 24.6 Å². The second-order valence-corrected chi connectivity index (χ2v) is 2.39. The number of fused-ring (bicyclic) bond motifs is 1. The van der Waals surface area contributed by atoms with Crippen LogP contribution in [0.25, 0.3) is 11.1 Å². The minimum absolute atomic E-state index is 0.639. The highest BCUT2D eigenvalue weighted by Gasteiger charge is 2.03. The molecule has 1 heterocycles. The minimum Gasteiger partial charge on any atom is -0.490 e. The molecule has 0 saturated carbocycles. The Morgan fingerprint density at radius 2 is 2.42 bits per heavy atom. The Morgan fingerprint density at radius 1 is 1.50 bits per heavy atom. The molecule has 0 aliphatic heterocycles. The summed E-state index contributed by atoms with van der Waals surface area (Å²) in [6.45, 7) is 2.58. The molecule has 3 heteroatoms. The van der Waals surface area contributed by atoms with Crippen LogP contribution in [0, 0.1) is 0 Å². The number of benzene rings is 1. The molecule has 2 rings (SSSR count). The Balaban J connectivity index is 2.57. The van der Waals surface area contributed by atoms with Gasteiger partial charge in [0.25, 0.3) is 0 Å². The van der Waals surface area contributed by atoms with Gasteiger partial charge in [-0.2, -0.15) is 0 Å². The van der Waals surface area contributed by atoms with Crippen molar-refractivity contribution in [2.75, 3.05) is 6.61 Å². The number of para-hydroxylation sites is 1. The quantitative estimate of drug-likeness (QED) is 0.680. The third kappa shape index (κ3) is 1.03. The van der Waals surface area contributed by atoms with Crippen LogP contribution in [-0.2, 0) is 0 Å². The fourth-order valence-corrected chi connectivity index (χ4v) is 1.13. The predicted octanol–water partition coefficient (Wildman–Crippen LogP) is 2.23. The summed E-state index contributed by atoms with van der Waals surface area (Å²) < 4.78 is 10.5. The topological polar surface area (TPSA) is 35.3 Å². The van der Waals surface area contributed by atoms with E-state index >= 15 is 0 Å². The van der Waals surface area contributed by atoms with E-state index in [0.717, 1.165) is 16.8 Å². The van der Waals surface area contributed by atoms with Crippen LogP contribution in [0.2, 0.25) is 0 Å². The summed E-state index contributed by atoms with van der Waals surface area (Å²) in [7, 11) is 0. The van der Waals surface area contributed by atoms with Gasteiger partial charge in [-0.25, -0.2) is 4.98 Å². The Labute approximate surface area is 70.0 Å². The second kappa shape index (κ2) is 2.85. The monoisotopic (exact) mass is 163 g/mol. The highest BCUT2D eigenvalue weighted by atomic mass is 16.5. The van der Waals surface area contributed by atoms with E-state index in [1.54, 1.807) is 0 Å². The van der Waals surface area contributed by atoms with Crippen LogP contribution in [-0.4, -0.2) is 11.6 Å². The third-order valence-corrected chi connectivity index (χ3v) is 1.62. The van der Waals surface area contributed by atoms with Gasteiger partial charge in [-0.05, 0) is 19.1 Å². The van der Waals surface area contributed by atoms with Gasteiger partial charge in [0, 0.05) is 0 Å². The third-order valence-electron chi connectivity index (χ3n) is 1.62. The summed E-state index contributed by atoms with van der Waals surface area (Å²) in [5.41, 5.74) is 1.56. The van der Waals surface area contributed by atoms with Gasteiger partial charge in [0.05, 0.1) is 6.61 Å². The molecule has 0 atom stereocenters. The van der Waals surface area contributed by atoms with Crippen LogP contribution in [0.4, 0.5) is 0 Å². The van der Waals surface area contributed by atoms with Crippen molar-refractivity contribution in [2.45, 2.75) is 6.92 Å². The maximum absolute atomic E-state index is 5.34. The number of ether oxygens (including phenoxy) is 1. The zero-order valence-corrected chi connectivity index (χ0v) is 6.78. The normalized spacial score (nSPS) is 10.4. The lowest BCUT2D eigenvalue weighted by Crippen LogP contribution is -1.90. The van der Waals surface area contributed by atoms with Gasteiger partial charge in [0.1, 0.15) is 5.52 Å². The van der Waals surface area contributed by atoms with E-state index < -0.39 is 0 Å². The first kappa shape index (κ1) is 7.16. The van der Waals surface area contributed by atoms with E-state index in [1.807, 2.05) is 25.1 Å². The average Bonchev–Trinajstić information content (AvgIpc) is 2.53. The summed E-state index contributed by atoms with van der Waals surface area (Å²) in [5.74, 6) is 0.757. The standard InChI is InChI=1S/C9H9NO2/c1-2-11-8-5-3-4-7-9(8)12-6-10-7/h3-6H,2H2,1H3. The zero-order valence-electron chi connectivity index (χ0n) is 6.78. The molecule has 0 spiro atoms. The highest BCUT2D eigenvalue weighted by Crippen LogP contribution is 2.23. The van der Waals surface area contributed by atoms with Crippen molar-refractivity contribution in [1.29, 1.82) is 0 Å².